The molecule has 1 rings (SSSR count). The van der Waals surface area contributed by atoms with Gasteiger partial charge in [0.1, 0.15) is 0 Å². The highest BCUT2D eigenvalue weighted by Crippen LogP contribution is 2.04. The molecular formula is C11H17N3O2. The summed E-state index contributed by atoms with van der Waals surface area (Å²) in [5.74, 6) is -0.222. The molecule has 0 aromatic carbocycles. The van der Waals surface area contributed by atoms with Gasteiger partial charge in [-0.25, -0.2) is 0 Å². The molecule has 1 aromatic heterocycles. The molecule has 5 heteroatoms. The lowest BCUT2D eigenvalue weighted by Gasteiger charge is -2.11. The predicted octanol–water partition coefficient (Wildman–Crippen LogP) is 0.451. The zero-order valence-corrected chi connectivity index (χ0v) is 9.56. The lowest BCUT2D eigenvalue weighted by atomic mass is 10.1. The van der Waals surface area contributed by atoms with Gasteiger partial charge in [-0.2, -0.15) is 0 Å². The van der Waals surface area contributed by atoms with Gasteiger partial charge in [-0.1, -0.05) is 13.3 Å². The average Bonchev–Trinajstić information content (AvgIpc) is 2.24. The van der Waals surface area contributed by atoms with E-state index in [1.54, 1.807) is 19.3 Å². The Hall–Kier alpha value is -1.62. The van der Waals surface area contributed by atoms with Gasteiger partial charge < -0.3 is 15.6 Å². The first-order chi connectivity index (χ1) is 7.54. The van der Waals surface area contributed by atoms with E-state index in [1.165, 1.54) is 10.6 Å². The molecule has 5 nitrogen and oxygen atoms in total. The molecule has 0 aliphatic rings. The smallest absolute Gasteiger partial charge is 0.250 e. The van der Waals surface area contributed by atoms with E-state index < -0.39 is 6.04 Å². The lowest BCUT2D eigenvalue weighted by Crippen LogP contribution is -2.35. The molecule has 0 radical (unpaired) electrons. The molecule has 0 bridgehead atoms. The van der Waals surface area contributed by atoms with Crippen molar-refractivity contribution in [2.45, 2.75) is 25.8 Å². The van der Waals surface area contributed by atoms with Gasteiger partial charge in [0, 0.05) is 19.3 Å². The molecule has 0 saturated carbocycles. The molecule has 1 atom stereocenters. The van der Waals surface area contributed by atoms with Crippen LogP contribution < -0.4 is 16.6 Å². The highest BCUT2D eigenvalue weighted by Gasteiger charge is 2.12. The highest BCUT2D eigenvalue weighted by atomic mass is 16.2. The lowest BCUT2D eigenvalue weighted by molar-refractivity contribution is -0.117. The first kappa shape index (κ1) is 12.4. The Kier molecular flexibility index (Phi) is 4.25. The van der Waals surface area contributed by atoms with E-state index in [2.05, 4.69) is 5.32 Å². The van der Waals surface area contributed by atoms with Gasteiger partial charge in [-0.3, -0.25) is 9.59 Å². The van der Waals surface area contributed by atoms with Crippen LogP contribution in [0.3, 0.4) is 0 Å². The van der Waals surface area contributed by atoms with Crippen LogP contribution in [0.4, 0.5) is 5.69 Å². The maximum atomic E-state index is 11.6. The van der Waals surface area contributed by atoms with Crippen molar-refractivity contribution in [1.29, 1.82) is 0 Å². The number of amides is 1. The SMILES string of the molecule is CCCC(N)C(=O)Nc1ccc(=O)n(C)c1. The topological polar surface area (TPSA) is 77.1 Å². The summed E-state index contributed by atoms with van der Waals surface area (Å²) in [4.78, 5) is 22.7. The van der Waals surface area contributed by atoms with Crippen molar-refractivity contribution in [3.8, 4) is 0 Å². The van der Waals surface area contributed by atoms with E-state index in [-0.39, 0.29) is 11.5 Å². The molecule has 1 amide bonds. The fourth-order valence-corrected chi connectivity index (χ4v) is 1.34. The van der Waals surface area contributed by atoms with Crippen molar-refractivity contribution in [3.63, 3.8) is 0 Å². The van der Waals surface area contributed by atoms with Gasteiger partial charge in [0.05, 0.1) is 11.7 Å². The molecule has 1 heterocycles. The molecule has 0 spiro atoms. The minimum atomic E-state index is -0.498. The maximum absolute atomic E-state index is 11.6. The van der Waals surface area contributed by atoms with E-state index in [4.69, 9.17) is 5.73 Å². The van der Waals surface area contributed by atoms with E-state index >= 15 is 0 Å². The second kappa shape index (κ2) is 5.46. The summed E-state index contributed by atoms with van der Waals surface area (Å²) in [6.07, 6.45) is 3.08. The fourth-order valence-electron chi connectivity index (χ4n) is 1.34. The summed E-state index contributed by atoms with van der Waals surface area (Å²) >= 11 is 0. The monoisotopic (exact) mass is 223 g/mol. The number of hydrogen-bond acceptors (Lipinski definition) is 3. The number of carbonyl (C=O) groups excluding carboxylic acids is 1. The Morgan fingerprint density at radius 2 is 2.25 bits per heavy atom. The van der Waals surface area contributed by atoms with Crippen LogP contribution >= 0.6 is 0 Å². The normalized spacial score (nSPS) is 12.2. The third kappa shape index (κ3) is 3.20. The van der Waals surface area contributed by atoms with Crippen LogP contribution in [0.5, 0.6) is 0 Å². The molecule has 0 fully saturated rings. The van der Waals surface area contributed by atoms with Crippen LogP contribution in [0.25, 0.3) is 0 Å². The Labute approximate surface area is 94.3 Å². The molecule has 0 aliphatic carbocycles. The summed E-state index contributed by atoms with van der Waals surface area (Å²) in [7, 11) is 1.63. The van der Waals surface area contributed by atoms with Crippen LogP contribution in [-0.2, 0) is 11.8 Å². The number of aryl methyl sites for hydroxylation is 1. The predicted molar refractivity (Wildman–Crippen MR) is 63.2 cm³/mol. The summed E-state index contributed by atoms with van der Waals surface area (Å²) in [6.45, 7) is 1.97. The van der Waals surface area contributed by atoms with Crippen molar-refractivity contribution >= 4 is 11.6 Å². The Morgan fingerprint density at radius 1 is 1.56 bits per heavy atom. The second-order valence-electron chi connectivity index (χ2n) is 3.75. The number of carbonyl (C=O) groups is 1. The number of rotatable bonds is 4. The Balaban J connectivity index is 2.70. The molecular weight excluding hydrogens is 206 g/mol. The number of pyridine rings is 1. The van der Waals surface area contributed by atoms with Crippen molar-refractivity contribution in [2.24, 2.45) is 12.8 Å². The average molecular weight is 223 g/mol. The van der Waals surface area contributed by atoms with E-state index in [1.807, 2.05) is 6.92 Å². The van der Waals surface area contributed by atoms with Gasteiger partial charge in [0.25, 0.3) is 0 Å². The van der Waals surface area contributed by atoms with E-state index in [9.17, 15) is 9.59 Å². The van der Waals surface area contributed by atoms with Crippen LogP contribution in [0, 0.1) is 0 Å². The Morgan fingerprint density at radius 3 is 2.81 bits per heavy atom. The van der Waals surface area contributed by atoms with Crippen molar-refractivity contribution in [1.82, 2.24) is 4.57 Å². The number of nitrogens with one attached hydrogen (secondary N) is 1. The van der Waals surface area contributed by atoms with Crippen LogP contribution in [0.1, 0.15) is 19.8 Å². The molecule has 1 unspecified atom stereocenters. The van der Waals surface area contributed by atoms with Crippen molar-refractivity contribution < 1.29 is 4.79 Å². The van der Waals surface area contributed by atoms with Gasteiger partial charge >= 0.3 is 0 Å². The van der Waals surface area contributed by atoms with Crippen LogP contribution in [-0.4, -0.2) is 16.5 Å². The van der Waals surface area contributed by atoms with Gasteiger partial charge in [0.2, 0.25) is 11.5 Å². The summed E-state index contributed by atoms with van der Waals surface area (Å²) in [6, 6.07) is 2.47. The number of hydrogen-bond donors (Lipinski definition) is 2. The molecule has 16 heavy (non-hydrogen) atoms. The van der Waals surface area contributed by atoms with E-state index in [0.717, 1.165) is 6.42 Å². The minimum absolute atomic E-state index is 0.115. The quantitative estimate of drug-likeness (QED) is 0.778. The highest BCUT2D eigenvalue weighted by molar-refractivity contribution is 5.94. The number of anilines is 1. The third-order valence-electron chi connectivity index (χ3n) is 2.29. The number of aromatic nitrogens is 1. The third-order valence-corrected chi connectivity index (χ3v) is 2.29. The summed E-state index contributed by atoms with van der Waals surface area (Å²) in [5.41, 5.74) is 6.13. The zero-order valence-electron chi connectivity index (χ0n) is 9.56. The molecule has 88 valence electrons. The minimum Gasteiger partial charge on any atom is -0.323 e. The molecule has 1 aromatic rings. The van der Waals surface area contributed by atoms with Gasteiger partial charge in [-0.15, -0.1) is 0 Å². The van der Waals surface area contributed by atoms with Gasteiger partial charge in [0.15, 0.2) is 0 Å². The van der Waals surface area contributed by atoms with Crippen LogP contribution in [0.2, 0.25) is 0 Å². The Bertz CT molecular complexity index is 425. The summed E-state index contributed by atoms with van der Waals surface area (Å²) in [5, 5.41) is 2.67. The second-order valence-corrected chi connectivity index (χ2v) is 3.75. The number of nitrogens with zero attached hydrogens (tertiary/aromatic N) is 1. The molecule has 3 N–H and O–H groups in total. The first-order valence-electron chi connectivity index (χ1n) is 5.27. The van der Waals surface area contributed by atoms with Gasteiger partial charge in [-0.05, 0) is 12.5 Å². The van der Waals surface area contributed by atoms with Crippen molar-refractivity contribution in [3.05, 3.63) is 28.7 Å². The number of nitrogens with two attached hydrogens (primary N) is 1. The van der Waals surface area contributed by atoms with E-state index in [0.29, 0.717) is 12.1 Å². The van der Waals surface area contributed by atoms with Crippen molar-refractivity contribution in [2.75, 3.05) is 5.32 Å². The first-order valence-corrected chi connectivity index (χ1v) is 5.27. The zero-order chi connectivity index (χ0) is 12.1. The van der Waals surface area contributed by atoms with Crippen LogP contribution in [0.15, 0.2) is 23.1 Å². The summed E-state index contributed by atoms with van der Waals surface area (Å²) < 4.78 is 1.40. The fraction of sp³-hybridized carbons (Fsp3) is 0.455. The standard InChI is InChI=1S/C11H17N3O2/c1-3-4-9(12)11(16)13-8-5-6-10(15)14(2)7-8/h5-7,9H,3-4,12H2,1-2H3,(H,13,16). The largest absolute Gasteiger partial charge is 0.323 e. The molecule has 0 aliphatic heterocycles. The molecule has 0 saturated heterocycles. The maximum Gasteiger partial charge on any atom is 0.250 e.